The van der Waals surface area contributed by atoms with Crippen LogP contribution in [0.5, 0.6) is 0 Å². The summed E-state index contributed by atoms with van der Waals surface area (Å²) in [5, 5.41) is 0. The van der Waals surface area contributed by atoms with Gasteiger partial charge in [0.15, 0.2) is 0 Å². The summed E-state index contributed by atoms with van der Waals surface area (Å²) in [6.07, 6.45) is 26.7. The molecule has 1 heteroatoms. The predicted molar refractivity (Wildman–Crippen MR) is 75.7 cm³/mol. The van der Waals surface area contributed by atoms with Gasteiger partial charge in [-0.05, 0) is 64.2 Å². The number of benzene rings is 1. The van der Waals surface area contributed by atoms with Crippen LogP contribution in [0.15, 0.2) is 30.3 Å². The van der Waals surface area contributed by atoms with Gasteiger partial charge >= 0.3 is 0 Å². The van der Waals surface area contributed by atoms with E-state index in [0.717, 1.165) is 5.56 Å². The Kier molecular flexibility index (Phi) is 14.9. The topological polar surface area (TPSA) is 0 Å². The van der Waals surface area contributed by atoms with E-state index in [1.54, 1.807) is 0 Å². The van der Waals surface area contributed by atoms with Crippen molar-refractivity contribution in [1.82, 2.24) is 0 Å². The molecule has 2 aliphatic carbocycles. The van der Waals surface area contributed by atoms with Gasteiger partial charge in [-0.25, -0.2) is 0 Å². The van der Waals surface area contributed by atoms with Gasteiger partial charge in [-0.3, -0.25) is 5.92 Å². The van der Waals surface area contributed by atoms with Crippen molar-refractivity contribution in [2.75, 3.05) is 0 Å². The molecule has 0 nitrogen and oxygen atoms in total. The molecule has 0 aromatic heterocycles. The Morgan fingerprint density at radius 3 is 1.11 bits per heavy atom. The molecular weight excluding hydrogens is 389 g/mol. The summed E-state index contributed by atoms with van der Waals surface area (Å²) in [7, 11) is 0. The summed E-state index contributed by atoms with van der Waals surface area (Å²) in [5.41, 5.74) is 0.826. The minimum Gasteiger partial charge on any atom is -0.366 e. The van der Waals surface area contributed by atoms with Crippen molar-refractivity contribution in [3.63, 3.8) is 0 Å². The molecule has 0 N–H and O–H groups in total. The Balaban J connectivity index is 0.000000259. The van der Waals surface area contributed by atoms with Gasteiger partial charge in [0.1, 0.15) is 0 Å². The zero-order valence-electron chi connectivity index (χ0n) is 10.4. The minimum absolute atomic E-state index is 0. The first-order valence-corrected chi connectivity index (χ1v) is 5.74. The van der Waals surface area contributed by atoms with Crippen LogP contribution in [-0.2, 0) is 0 Å². The smallest absolute Gasteiger partial charge is 0 e. The Hall–Kier alpha value is 0.299. The van der Waals surface area contributed by atoms with Gasteiger partial charge in [0, 0.05) is 46.9 Å². The van der Waals surface area contributed by atoms with Crippen LogP contribution in [0, 0.1) is 123 Å². The number of hydrogen-bond acceptors (Lipinski definition) is 0. The molecule has 0 aliphatic heterocycles. The first kappa shape index (κ1) is 19.3. The maximum atomic E-state index is 6.69. The second-order valence-electron chi connectivity index (χ2n) is 3.42. The molecule has 3 rings (SSSR count). The predicted octanol–water partition coefficient (Wildman–Crippen LogP) is 3.67. The second kappa shape index (κ2) is 14.7. The van der Waals surface area contributed by atoms with Gasteiger partial charge in [0.25, 0.3) is 0 Å². The normalized spacial score (nSPS) is 15.9. The Labute approximate surface area is 158 Å². The summed E-state index contributed by atoms with van der Waals surface area (Å²) in [4.78, 5) is 0. The van der Waals surface area contributed by atoms with E-state index < -0.39 is 0 Å². The second-order valence-corrected chi connectivity index (χ2v) is 3.42. The monoisotopic (exact) mass is 405 g/mol. The van der Waals surface area contributed by atoms with Crippen molar-refractivity contribution in [2.24, 2.45) is 0 Å². The molecule has 0 bridgehead atoms. The van der Waals surface area contributed by atoms with Crippen LogP contribution in [0.3, 0.4) is 0 Å². The summed E-state index contributed by atoms with van der Waals surface area (Å²) in [6.45, 7) is 0. The van der Waals surface area contributed by atoms with Gasteiger partial charge < -0.3 is 6.42 Å². The third-order valence-electron chi connectivity index (χ3n) is 2.03. The summed E-state index contributed by atoms with van der Waals surface area (Å²) in [5.74, 6) is 2.28. The van der Waals surface area contributed by atoms with Crippen LogP contribution in [0.1, 0.15) is 5.56 Å². The van der Waals surface area contributed by atoms with Gasteiger partial charge in [-0.2, -0.15) is 0 Å². The van der Waals surface area contributed by atoms with E-state index in [0.29, 0.717) is 0 Å². The SMILES string of the molecule is [C-]#Cc1ccccc1.[CH]1[CH][CH][CH][CH]1.[CH]1[CH][CH][CH][CH]1.[Yb]. The first-order chi connectivity index (χ1) is 8.93. The van der Waals surface area contributed by atoms with E-state index in [1.165, 1.54) is 0 Å². The largest absolute Gasteiger partial charge is 0.366 e. The van der Waals surface area contributed by atoms with E-state index in [9.17, 15) is 0 Å². The average Bonchev–Trinajstić information content (AvgIpc) is 3.17. The fraction of sp³-hybridized carbons (Fsp3) is 0. The number of hydrogen-bond donors (Lipinski definition) is 0. The van der Waals surface area contributed by atoms with Crippen molar-refractivity contribution in [3.05, 3.63) is 107 Å². The molecule has 2 saturated carbocycles. The van der Waals surface area contributed by atoms with E-state index in [4.69, 9.17) is 6.42 Å². The van der Waals surface area contributed by atoms with E-state index in [1.807, 2.05) is 94.5 Å². The van der Waals surface area contributed by atoms with Crippen LogP contribution in [0.4, 0.5) is 0 Å². The molecule has 0 spiro atoms. The molecule has 2 aliphatic rings. The molecule has 0 amide bonds. The van der Waals surface area contributed by atoms with Crippen molar-refractivity contribution >= 4 is 0 Å². The third kappa shape index (κ3) is 11.8. The van der Waals surface area contributed by atoms with Crippen molar-refractivity contribution < 1.29 is 46.9 Å². The quantitative estimate of drug-likeness (QED) is 0.457. The Morgan fingerprint density at radius 1 is 0.579 bits per heavy atom. The maximum Gasteiger partial charge on any atom is 0 e. The average molecular weight is 404 g/mol. The van der Waals surface area contributed by atoms with Crippen LogP contribution in [0.25, 0.3) is 0 Å². The molecule has 0 unspecified atom stereocenters. The third-order valence-corrected chi connectivity index (χ3v) is 2.03. The number of rotatable bonds is 0. The molecule has 19 heavy (non-hydrogen) atoms. The molecule has 10 radical (unpaired) electrons. The van der Waals surface area contributed by atoms with E-state index >= 15 is 0 Å². The summed E-state index contributed by atoms with van der Waals surface area (Å²) >= 11 is 0. The van der Waals surface area contributed by atoms with Crippen molar-refractivity contribution in [1.29, 1.82) is 0 Å². The van der Waals surface area contributed by atoms with Crippen LogP contribution in [0.2, 0.25) is 0 Å². The Bertz CT molecular complexity index is 290. The molecule has 0 atom stereocenters. The maximum absolute atomic E-state index is 6.69. The molecule has 0 saturated heterocycles. The van der Waals surface area contributed by atoms with E-state index in [-0.39, 0.29) is 46.9 Å². The minimum atomic E-state index is 0. The molecule has 1 aromatic carbocycles. The zero-order valence-corrected chi connectivity index (χ0v) is 12.1. The molecule has 102 valence electrons. The van der Waals surface area contributed by atoms with Crippen molar-refractivity contribution in [3.8, 4) is 5.92 Å². The molecule has 2 fully saturated rings. The van der Waals surface area contributed by atoms with Gasteiger partial charge in [0.05, 0.1) is 0 Å². The summed E-state index contributed by atoms with van der Waals surface area (Å²) < 4.78 is 0. The molecule has 1 aromatic rings. The fourth-order valence-corrected chi connectivity index (χ4v) is 1.16. The van der Waals surface area contributed by atoms with Gasteiger partial charge in [-0.1, -0.05) is 18.2 Å². The standard InChI is InChI=1S/C8H5.2C5H5.Yb/c1-2-8-6-4-3-5-7-8;2*1-2-4-5-3-1;/h3-7H;2*1-5H;/q-1;;;. The van der Waals surface area contributed by atoms with Gasteiger partial charge in [0.2, 0.25) is 0 Å². The van der Waals surface area contributed by atoms with Crippen LogP contribution in [-0.4, -0.2) is 0 Å². The Morgan fingerprint density at radius 2 is 0.895 bits per heavy atom. The summed E-state index contributed by atoms with van der Waals surface area (Å²) in [6, 6.07) is 9.37. The fourth-order valence-electron chi connectivity index (χ4n) is 1.16. The van der Waals surface area contributed by atoms with E-state index in [2.05, 4.69) is 5.92 Å². The van der Waals surface area contributed by atoms with Crippen molar-refractivity contribution in [2.45, 2.75) is 0 Å². The molecule has 0 heterocycles. The zero-order chi connectivity index (χ0) is 12.9. The van der Waals surface area contributed by atoms with Crippen LogP contribution >= 0.6 is 0 Å². The van der Waals surface area contributed by atoms with Gasteiger partial charge in [-0.15, -0.1) is 17.7 Å². The molecular formula is C18H15Yb-. The van der Waals surface area contributed by atoms with Crippen LogP contribution < -0.4 is 0 Å². The first-order valence-electron chi connectivity index (χ1n) is 5.74.